The summed E-state index contributed by atoms with van der Waals surface area (Å²) >= 11 is 0. The summed E-state index contributed by atoms with van der Waals surface area (Å²) in [6.45, 7) is 0.823. The second-order valence-corrected chi connectivity index (χ2v) is 10.9. The molecule has 0 bridgehead atoms. The first kappa shape index (κ1) is 22.2. The minimum Gasteiger partial charge on any atom is -0.494 e. The molecule has 0 aromatic heterocycles. The Bertz CT molecular complexity index is 1020. The van der Waals surface area contributed by atoms with Crippen LogP contribution in [0.1, 0.15) is 12.0 Å². The van der Waals surface area contributed by atoms with Gasteiger partial charge in [0.05, 0.1) is 17.8 Å². The van der Waals surface area contributed by atoms with Crippen molar-refractivity contribution in [1.29, 1.82) is 0 Å². The summed E-state index contributed by atoms with van der Waals surface area (Å²) in [5.74, 6) is -0.300. The van der Waals surface area contributed by atoms with Crippen LogP contribution < -0.4 is 9.64 Å². The van der Waals surface area contributed by atoms with E-state index < -0.39 is 25.5 Å². The molecule has 2 rings (SSSR count). The van der Waals surface area contributed by atoms with E-state index in [2.05, 4.69) is 0 Å². The molecule has 2 aromatic carbocycles. The molecule has 0 N–H and O–H groups in total. The summed E-state index contributed by atoms with van der Waals surface area (Å²) in [7, 11) is -5.02. The molecule has 28 heavy (non-hydrogen) atoms. The Morgan fingerprint density at radius 1 is 1.00 bits per heavy atom. The molecular formula is C19H24FNO5S2. The van der Waals surface area contributed by atoms with Crippen LogP contribution in [0, 0.1) is 5.82 Å². The zero-order chi connectivity index (χ0) is 20.9. The van der Waals surface area contributed by atoms with E-state index in [-0.39, 0.29) is 16.4 Å². The molecule has 0 heterocycles. The van der Waals surface area contributed by atoms with Crippen LogP contribution in [0.25, 0.3) is 0 Å². The number of sulfone groups is 2. The van der Waals surface area contributed by atoms with Crippen LogP contribution in [0.2, 0.25) is 0 Å². The minimum atomic E-state index is -3.31. The van der Waals surface area contributed by atoms with Gasteiger partial charge in [-0.2, -0.15) is 0 Å². The average molecular weight is 430 g/mol. The maximum Gasteiger partial charge on any atom is 0.175 e. The fourth-order valence-corrected chi connectivity index (χ4v) is 4.03. The molecule has 0 saturated heterocycles. The molecule has 0 aliphatic heterocycles. The molecule has 0 saturated carbocycles. The van der Waals surface area contributed by atoms with Crippen LogP contribution in [0.15, 0.2) is 47.4 Å². The van der Waals surface area contributed by atoms with Gasteiger partial charge in [0, 0.05) is 31.3 Å². The second-order valence-electron chi connectivity index (χ2n) is 6.64. The van der Waals surface area contributed by atoms with Crippen molar-refractivity contribution in [3.63, 3.8) is 0 Å². The first-order valence-corrected chi connectivity index (χ1v) is 12.5. The van der Waals surface area contributed by atoms with E-state index in [0.717, 1.165) is 17.5 Å². The fraction of sp³-hybridized carbons (Fsp3) is 0.368. The van der Waals surface area contributed by atoms with E-state index in [1.807, 2.05) is 4.90 Å². The molecule has 0 fully saturated rings. The predicted molar refractivity (Wildman–Crippen MR) is 108 cm³/mol. The van der Waals surface area contributed by atoms with Crippen LogP contribution in [0.4, 0.5) is 10.1 Å². The Labute approximate surface area is 165 Å². The number of benzene rings is 2. The van der Waals surface area contributed by atoms with E-state index in [9.17, 15) is 21.2 Å². The van der Waals surface area contributed by atoms with Crippen molar-refractivity contribution in [2.45, 2.75) is 17.9 Å². The fourth-order valence-electron chi connectivity index (χ4n) is 2.74. The average Bonchev–Trinajstić information content (AvgIpc) is 2.60. The van der Waals surface area contributed by atoms with Crippen molar-refractivity contribution in [2.75, 3.05) is 36.8 Å². The maximum absolute atomic E-state index is 13.7. The van der Waals surface area contributed by atoms with Crippen molar-refractivity contribution in [3.8, 4) is 5.75 Å². The Morgan fingerprint density at radius 3 is 2.18 bits per heavy atom. The van der Waals surface area contributed by atoms with Gasteiger partial charge < -0.3 is 9.64 Å². The largest absolute Gasteiger partial charge is 0.494 e. The van der Waals surface area contributed by atoms with Crippen molar-refractivity contribution in [1.82, 2.24) is 0 Å². The smallest absolute Gasteiger partial charge is 0.175 e. The monoisotopic (exact) mass is 429 g/mol. The Hall–Kier alpha value is -2.13. The van der Waals surface area contributed by atoms with Gasteiger partial charge in [-0.1, -0.05) is 6.07 Å². The standard InChI is InChI=1S/C19H24FNO5S2/c1-26-19-13-15(5-10-18(19)20)14-21(11-4-12-27(2,22)23)16-6-8-17(9-7-16)28(3,24)25/h5-10,13H,4,11-12,14H2,1-3H3. The highest BCUT2D eigenvalue weighted by molar-refractivity contribution is 7.91. The van der Waals surface area contributed by atoms with E-state index >= 15 is 0 Å². The molecule has 0 amide bonds. The number of nitrogens with zero attached hydrogens (tertiary/aromatic N) is 1. The van der Waals surface area contributed by atoms with Crippen molar-refractivity contribution in [2.24, 2.45) is 0 Å². The number of ether oxygens (including phenoxy) is 1. The van der Waals surface area contributed by atoms with Gasteiger partial charge in [-0.05, 0) is 48.4 Å². The Balaban J connectivity index is 2.28. The number of hydrogen-bond acceptors (Lipinski definition) is 6. The summed E-state index contributed by atoms with van der Waals surface area (Å²) in [4.78, 5) is 2.12. The van der Waals surface area contributed by atoms with Crippen LogP contribution >= 0.6 is 0 Å². The van der Waals surface area contributed by atoms with Gasteiger partial charge >= 0.3 is 0 Å². The highest BCUT2D eigenvalue weighted by Crippen LogP contribution is 2.23. The normalized spacial score (nSPS) is 12.0. The molecule has 0 unspecified atom stereocenters. The first-order valence-electron chi connectivity index (χ1n) is 8.55. The lowest BCUT2D eigenvalue weighted by atomic mass is 10.1. The van der Waals surface area contributed by atoms with E-state index in [4.69, 9.17) is 4.74 Å². The van der Waals surface area contributed by atoms with Gasteiger partial charge in [-0.3, -0.25) is 0 Å². The van der Waals surface area contributed by atoms with E-state index in [0.29, 0.717) is 19.5 Å². The van der Waals surface area contributed by atoms with Crippen molar-refractivity contribution in [3.05, 3.63) is 53.8 Å². The van der Waals surface area contributed by atoms with E-state index in [1.165, 1.54) is 31.6 Å². The van der Waals surface area contributed by atoms with Gasteiger partial charge in [0.2, 0.25) is 0 Å². The lowest BCUT2D eigenvalue weighted by molar-refractivity contribution is 0.386. The molecule has 154 valence electrons. The third kappa shape index (κ3) is 6.49. The Kier molecular flexibility index (Phi) is 7.06. The summed E-state index contributed by atoms with van der Waals surface area (Å²) in [5.41, 5.74) is 1.52. The molecule has 2 aromatic rings. The number of rotatable bonds is 9. The number of methoxy groups -OCH3 is 1. The van der Waals surface area contributed by atoms with Crippen LogP contribution in [0.3, 0.4) is 0 Å². The van der Waals surface area contributed by atoms with E-state index in [1.54, 1.807) is 24.3 Å². The topological polar surface area (TPSA) is 80.8 Å². The van der Waals surface area contributed by atoms with Crippen molar-refractivity contribution >= 4 is 25.4 Å². The molecule has 6 nitrogen and oxygen atoms in total. The third-order valence-electron chi connectivity index (χ3n) is 4.16. The number of hydrogen-bond donors (Lipinski definition) is 0. The summed E-state index contributed by atoms with van der Waals surface area (Å²) < 4.78 is 64.9. The summed E-state index contributed by atoms with van der Waals surface area (Å²) in [6, 6.07) is 10.9. The van der Waals surface area contributed by atoms with Gasteiger partial charge in [0.15, 0.2) is 21.4 Å². The first-order chi connectivity index (χ1) is 13.0. The molecule has 0 atom stereocenters. The minimum absolute atomic E-state index is 0.0393. The zero-order valence-corrected chi connectivity index (χ0v) is 17.7. The molecule has 0 radical (unpaired) electrons. The molecule has 9 heteroatoms. The highest BCUT2D eigenvalue weighted by atomic mass is 32.2. The Morgan fingerprint density at radius 2 is 1.64 bits per heavy atom. The predicted octanol–water partition coefficient (Wildman–Crippen LogP) is 2.68. The summed E-state index contributed by atoms with van der Waals surface area (Å²) in [6.07, 6.45) is 2.73. The van der Waals surface area contributed by atoms with Crippen molar-refractivity contribution < 1.29 is 26.0 Å². The highest BCUT2D eigenvalue weighted by Gasteiger charge is 2.13. The van der Waals surface area contributed by atoms with Crippen LogP contribution in [-0.2, 0) is 26.2 Å². The summed E-state index contributed by atoms with van der Waals surface area (Å²) in [5, 5.41) is 0. The van der Waals surface area contributed by atoms with Gasteiger partial charge in [0.1, 0.15) is 9.84 Å². The van der Waals surface area contributed by atoms with Gasteiger partial charge in [-0.25, -0.2) is 21.2 Å². The molecule has 0 aliphatic carbocycles. The number of anilines is 1. The molecular weight excluding hydrogens is 405 g/mol. The second kappa shape index (κ2) is 8.91. The zero-order valence-electron chi connectivity index (χ0n) is 16.1. The SMILES string of the molecule is COc1cc(CN(CCCS(C)(=O)=O)c2ccc(S(C)(=O)=O)cc2)ccc1F. The third-order valence-corrected chi connectivity index (χ3v) is 6.32. The molecule has 0 aliphatic rings. The van der Waals surface area contributed by atoms with Gasteiger partial charge in [0.25, 0.3) is 0 Å². The van der Waals surface area contributed by atoms with Crippen LogP contribution in [-0.4, -0.2) is 48.8 Å². The lowest BCUT2D eigenvalue weighted by Gasteiger charge is -2.25. The quantitative estimate of drug-likeness (QED) is 0.610. The van der Waals surface area contributed by atoms with Crippen LogP contribution in [0.5, 0.6) is 5.75 Å². The lowest BCUT2D eigenvalue weighted by Crippen LogP contribution is -2.25. The maximum atomic E-state index is 13.7. The number of halogens is 1. The van der Waals surface area contributed by atoms with Gasteiger partial charge in [-0.15, -0.1) is 0 Å². The molecule has 0 spiro atoms.